The molecule has 0 radical (unpaired) electrons. The second kappa shape index (κ2) is 8.03. The molecule has 1 aliphatic rings. The van der Waals surface area contributed by atoms with Gasteiger partial charge in [0.15, 0.2) is 11.4 Å². The summed E-state index contributed by atoms with van der Waals surface area (Å²) >= 11 is 0. The molecule has 0 bridgehead atoms. The van der Waals surface area contributed by atoms with Gasteiger partial charge in [0.2, 0.25) is 5.91 Å². The van der Waals surface area contributed by atoms with Crippen LogP contribution in [-0.4, -0.2) is 33.2 Å². The molecule has 32 heavy (non-hydrogen) atoms. The molecule has 2 N–H and O–H groups in total. The lowest BCUT2D eigenvalue weighted by Crippen LogP contribution is -2.24. The van der Waals surface area contributed by atoms with E-state index >= 15 is 0 Å². The summed E-state index contributed by atoms with van der Waals surface area (Å²) in [7, 11) is 0. The Morgan fingerprint density at radius 1 is 1.16 bits per heavy atom. The van der Waals surface area contributed by atoms with E-state index in [1.54, 1.807) is 30.0 Å². The summed E-state index contributed by atoms with van der Waals surface area (Å²) in [5, 5.41) is 16.6. The number of alkyl halides is 3. The van der Waals surface area contributed by atoms with Crippen LogP contribution in [0.25, 0.3) is 5.69 Å². The lowest BCUT2D eigenvalue weighted by molar-refractivity contribution is -0.137. The lowest BCUT2D eigenvalue weighted by atomic mass is 10.1. The molecule has 0 spiro atoms. The first kappa shape index (κ1) is 21.4. The number of hydrogen-bond acceptors (Lipinski definition) is 4. The Hall–Kier alpha value is -3.82. The maximum absolute atomic E-state index is 13.3. The topological polar surface area (TPSA) is 87.5 Å². The SMILES string of the molecule is Cc1cc(NC(=O)c2nn(-c3ccccc3C(F)(F)F)cc2O)ccc1N1CCCC1=O. The predicted molar refractivity (Wildman–Crippen MR) is 111 cm³/mol. The lowest BCUT2D eigenvalue weighted by Gasteiger charge is -2.19. The van der Waals surface area contributed by atoms with E-state index in [1.165, 1.54) is 18.2 Å². The number of halogens is 3. The van der Waals surface area contributed by atoms with Crippen molar-refractivity contribution in [2.24, 2.45) is 0 Å². The van der Waals surface area contributed by atoms with Gasteiger partial charge in [0.1, 0.15) is 0 Å². The number of para-hydroxylation sites is 1. The maximum Gasteiger partial charge on any atom is 0.418 e. The monoisotopic (exact) mass is 444 g/mol. The van der Waals surface area contributed by atoms with Gasteiger partial charge in [-0.15, -0.1) is 0 Å². The third-order valence-corrected chi connectivity index (χ3v) is 5.19. The average molecular weight is 444 g/mol. The Kier molecular flexibility index (Phi) is 5.37. The van der Waals surface area contributed by atoms with E-state index in [1.807, 2.05) is 0 Å². The second-order valence-corrected chi connectivity index (χ2v) is 7.43. The number of aromatic hydroxyl groups is 1. The van der Waals surface area contributed by atoms with Crippen LogP contribution in [0.2, 0.25) is 0 Å². The van der Waals surface area contributed by atoms with Crippen LogP contribution in [0.3, 0.4) is 0 Å². The van der Waals surface area contributed by atoms with Gasteiger partial charge in [-0.2, -0.15) is 18.3 Å². The van der Waals surface area contributed by atoms with Crippen molar-refractivity contribution in [1.29, 1.82) is 0 Å². The number of benzene rings is 2. The van der Waals surface area contributed by atoms with Gasteiger partial charge in [-0.05, 0) is 49.2 Å². The first-order chi connectivity index (χ1) is 15.1. The molecule has 2 amide bonds. The van der Waals surface area contributed by atoms with E-state index in [0.717, 1.165) is 34.6 Å². The molecule has 10 heteroatoms. The Balaban J connectivity index is 1.58. The number of carbonyl (C=O) groups is 2. The number of rotatable bonds is 4. The first-order valence-corrected chi connectivity index (χ1v) is 9.83. The average Bonchev–Trinajstić information content (AvgIpc) is 3.33. The highest BCUT2D eigenvalue weighted by atomic mass is 19.4. The number of amides is 2. The summed E-state index contributed by atoms with van der Waals surface area (Å²) in [6.45, 7) is 2.44. The fraction of sp³-hybridized carbons (Fsp3) is 0.227. The van der Waals surface area contributed by atoms with Gasteiger partial charge >= 0.3 is 6.18 Å². The molecule has 1 saturated heterocycles. The zero-order valence-electron chi connectivity index (χ0n) is 17.0. The van der Waals surface area contributed by atoms with E-state index in [9.17, 15) is 27.9 Å². The quantitative estimate of drug-likeness (QED) is 0.629. The van der Waals surface area contributed by atoms with E-state index in [4.69, 9.17) is 0 Å². The van der Waals surface area contributed by atoms with Gasteiger partial charge < -0.3 is 15.3 Å². The number of hydrogen-bond donors (Lipinski definition) is 2. The molecule has 0 saturated carbocycles. The van der Waals surface area contributed by atoms with Crippen LogP contribution in [0.15, 0.2) is 48.7 Å². The second-order valence-electron chi connectivity index (χ2n) is 7.43. The minimum atomic E-state index is -4.63. The van der Waals surface area contributed by atoms with Gasteiger partial charge in [0, 0.05) is 24.3 Å². The zero-order chi connectivity index (χ0) is 23.0. The first-order valence-electron chi connectivity index (χ1n) is 9.83. The Morgan fingerprint density at radius 2 is 1.91 bits per heavy atom. The van der Waals surface area contributed by atoms with Crippen LogP contribution >= 0.6 is 0 Å². The molecule has 166 valence electrons. The Bertz CT molecular complexity index is 1200. The number of nitrogens with one attached hydrogen (secondary N) is 1. The van der Waals surface area contributed by atoms with Crippen LogP contribution in [-0.2, 0) is 11.0 Å². The number of aromatic nitrogens is 2. The van der Waals surface area contributed by atoms with Gasteiger partial charge in [-0.25, -0.2) is 4.68 Å². The van der Waals surface area contributed by atoms with Crippen molar-refractivity contribution < 1.29 is 27.9 Å². The van der Waals surface area contributed by atoms with E-state index in [2.05, 4.69) is 10.4 Å². The summed E-state index contributed by atoms with van der Waals surface area (Å²) < 4.78 is 40.7. The van der Waals surface area contributed by atoms with Gasteiger partial charge in [0.25, 0.3) is 5.91 Å². The van der Waals surface area contributed by atoms with E-state index in [0.29, 0.717) is 18.7 Å². The Labute approximate surface area is 181 Å². The predicted octanol–water partition coefficient (Wildman–Crippen LogP) is 4.28. The molecule has 0 unspecified atom stereocenters. The highest BCUT2D eigenvalue weighted by molar-refractivity contribution is 6.05. The van der Waals surface area contributed by atoms with Crippen molar-refractivity contribution >= 4 is 23.2 Å². The molecule has 1 aliphatic heterocycles. The largest absolute Gasteiger partial charge is 0.504 e. The highest BCUT2D eigenvalue weighted by Gasteiger charge is 2.34. The molecule has 1 fully saturated rings. The minimum Gasteiger partial charge on any atom is -0.504 e. The molecule has 4 rings (SSSR count). The standard InChI is InChI=1S/C22H19F3N4O3/c1-13-11-14(8-9-16(13)28-10-4-7-19(28)31)26-21(32)20-18(30)12-29(27-20)17-6-3-2-5-15(17)22(23,24)25/h2-3,5-6,8-9,11-12,30H,4,7,10H2,1H3,(H,26,32). The molecule has 2 aromatic carbocycles. The van der Waals surface area contributed by atoms with Crippen molar-refractivity contribution in [3.05, 3.63) is 65.5 Å². The van der Waals surface area contributed by atoms with Crippen molar-refractivity contribution in [3.63, 3.8) is 0 Å². The summed E-state index contributed by atoms with van der Waals surface area (Å²) in [5.41, 5.74) is 0.237. The molecule has 2 heterocycles. The van der Waals surface area contributed by atoms with Crippen molar-refractivity contribution in [3.8, 4) is 11.4 Å². The number of nitrogens with zero attached hydrogens (tertiary/aromatic N) is 3. The number of aryl methyl sites for hydroxylation is 1. The van der Waals surface area contributed by atoms with Crippen LogP contribution in [0.1, 0.15) is 34.5 Å². The van der Waals surface area contributed by atoms with Crippen LogP contribution < -0.4 is 10.2 Å². The molecule has 3 aromatic rings. The van der Waals surface area contributed by atoms with Gasteiger partial charge in [-0.3, -0.25) is 9.59 Å². The third kappa shape index (κ3) is 4.03. The van der Waals surface area contributed by atoms with Crippen LogP contribution in [0, 0.1) is 6.92 Å². The summed E-state index contributed by atoms with van der Waals surface area (Å²) in [6, 6.07) is 9.72. The van der Waals surface area contributed by atoms with Gasteiger partial charge in [0.05, 0.1) is 17.4 Å². The molecule has 0 atom stereocenters. The fourth-order valence-electron chi connectivity index (χ4n) is 3.69. The van der Waals surface area contributed by atoms with Crippen molar-refractivity contribution in [2.45, 2.75) is 25.9 Å². The summed E-state index contributed by atoms with van der Waals surface area (Å²) in [6.07, 6.45) is -2.39. The molecule has 1 aromatic heterocycles. The Morgan fingerprint density at radius 3 is 2.56 bits per heavy atom. The summed E-state index contributed by atoms with van der Waals surface area (Å²) in [4.78, 5) is 26.3. The van der Waals surface area contributed by atoms with E-state index < -0.39 is 29.1 Å². The van der Waals surface area contributed by atoms with Gasteiger partial charge in [-0.1, -0.05) is 12.1 Å². The third-order valence-electron chi connectivity index (χ3n) is 5.19. The minimum absolute atomic E-state index is 0.0412. The molecule has 0 aliphatic carbocycles. The normalized spacial score (nSPS) is 14.1. The molecular formula is C22H19F3N4O3. The molecular weight excluding hydrogens is 425 g/mol. The number of carbonyl (C=O) groups excluding carboxylic acids is 2. The number of anilines is 2. The highest BCUT2D eigenvalue weighted by Crippen LogP contribution is 2.34. The fourth-order valence-corrected chi connectivity index (χ4v) is 3.69. The van der Waals surface area contributed by atoms with Crippen molar-refractivity contribution in [2.75, 3.05) is 16.8 Å². The maximum atomic E-state index is 13.3. The van der Waals surface area contributed by atoms with Crippen LogP contribution in [0.4, 0.5) is 24.5 Å². The molecule has 7 nitrogen and oxygen atoms in total. The smallest absolute Gasteiger partial charge is 0.418 e. The zero-order valence-corrected chi connectivity index (χ0v) is 17.0. The van der Waals surface area contributed by atoms with E-state index in [-0.39, 0.29) is 11.6 Å². The van der Waals surface area contributed by atoms with Crippen LogP contribution in [0.5, 0.6) is 5.75 Å². The van der Waals surface area contributed by atoms with Crippen molar-refractivity contribution in [1.82, 2.24) is 9.78 Å². The summed E-state index contributed by atoms with van der Waals surface area (Å²) in [5.74, 6) is -1.30.